The predicted molar refractivity (Wildman–Crippen MR) is 115 cm³/mol. The number of piperidine rings is 1. The molecule has 1 aliphatic rings. The van der Waals surface area contributed by atoms with Gasteiger partial charge >= 0.3 is 6.18 Å². The van der Waals surface area contributed by atoms with Gasteiger partial charge in [0, 0.05) is 31.0 Å². The first-order valence-electron chi connectivity index (χ1n) is 10.4. The molecular formula is C23H27F3N2O3S. The van der Waals surface area contributed by atoms with Crippen molar-refractivity contribution in [3.05, 3.63) is 65.7 Å². The monoisotopic (exact) mass is 468 g/mol. The molecule has 0 unspecified atom stereocenters. The van der Waals surface area contributed by atoms with E-state index in [1.54, 1.807) is 0 Å². The number of nitrogens with zero attached hydrogens (tertiary/aromatic N) is 1. The van der Waals surface area contributed by atoms with Crippen molar-refractivity contribution in [2.75, 3.05) is 19.6 Å². The first-order chi connectivity index (χ1) is 14.9. The smallest absolute Gasteiger partial charge is 0.355 e. The van der Waals surface area contributed by atoms with E-state index in [1.807, 2.05) is 44.2 Å². The summed E-state index contributed by atoms with van der Waals surface area (Å²) in [6.45, 7) is 4.46. The van der Waals surface area contributed by atoms with Crippen LogP contribution in [-0.4, -0.2) is 38.3 Å². The Bertz CT molecular complexity index is 1050. The van der Waals surface area contributed by atoms with Crippen molar-refractivity contribution < 1.29 is 26.4 Å². The summed E-state index contributed by atoms with van der Waals surface area (Å²) in [5.74, 6) is -0.548. The van der Waals surface area contributed by atoms with Crippen LogP contribution in [0.5, 0.6) is 0 Å². The number of nitrogens with one attached hydrogen (secondary N) is 1. The van der Waals surface area contributed by atoms with E-state index in [9.17, 15) is 26.4 Å². The van der Waals surface area contributed by atoms with Gasteiger partial charge in [-0.05, 0) is 30.5 Å². The fraction of sp³-hybridized carbons (Fsp3) is 0.435. The summed E-state index contributed by atoms with van der Waals surface area (Å²) in [5.41, 5.74) is -0.366. The van der Waals surface area contributed by atoms with Gasteiger partial charge in [0.25, 0.3) is 0 Å². The highest BCUT2D eigenvalue weighted by Crippen LogP contribution is 2.36. The lowest BCUT2D eigenvalue weighted by Crippen LogP contribution is -2.45. The molecule has 1 fully saturated rings. The molecule has 1 saturated heterocycles. The van der Waals surface area contributed by atoms with E-state index < -0.39 is 26.7 Å². The van der Waals surface area contributed by atoms with E-state index >= 15 is 0 Å². The SMILES string of the molecule is CC(C)(CNC(=O)C1CCN(S(=O)(=O)c2ccccc2C(F)(F)F)CC1)c1ccccc1. The van der Waals surface area contributed by atoms with Gasteiger partial charge in [0.1, 0.15) is 0 Å². The maximum atomic E-state index is 13.3. The Morgan fingerprint density at radius 1 is 1.00 bits per heavy atom. The molecule has 0 spiro atoms. The van der Waals surface area contributed by atoms with Crippen molar-refractivity contribution in [2.45, 2.75) is 43.2 Å². The molecule has 1 aliphatic heterocycles. The summed E-state index contributed by atoms with van der Waals surface area (Å²) in [6.07, 6.45) is -4.26. The normalized spacial score (nSPS) is 16.7. The van der Waals surface area contributed by atoms with Crippen molar-refractivity contribution >= 4 is 15.9 Å². The molecule has 0 radical (unpaired) electrons. The average molecular weight is 469 g/mol. The van der Waals surface area contributed by atoms with Gasteiger partial charge < -0.3 is 5.32 Å². The Labute approximate surface area is 186 Å². The standard InChI is InChI=1S/C23H27F3N2O3S/c1-22(2,18-8-4-3-5-9-18)16-27-21(29)17-12-14-28(15-13-17)32(30,31)20-11-7-6-10-19(20)23(24,25)26/h3-11,17H,12-16H2,1-2H3,(H,27,29). The van der Waals surface area contributed by atoms with E-state index in [0.717, 1.165) is 28.1 Å². The third-order valence-corrected chi connectivity index (χ3v) is 7.85. The topological polar surface area (TPSA) is 66.5 Å². The summed E-state index contributed by atoms with van der Waals surface area (Å²) in [6, 6.07) is 14.0. The molecule has 1 heterocycles. The zero-order valence-corrected chi connectivity index (χ0v) is 18.8. The van der Waals surface area contributed by atoms with E-state index in [-0.39, 0.29) is 43.2 Å². The lowest BCUT2D eigenvalue weighted by atomic mass is 9.84. The lowest BCUT2D eigenvalue weighted by Gasteiger charge is -2.32. The van der Waals surface area contributed by atoms with Crippen molar-refractivity contribution in [3.8, 4) is 0 Å². The molecule has 32 heavy (non-hydrogen) atoms. The van der Waals surface area contributed by atoms with Crippen LogP contribution in [0.2, 0.25) is 0 Å². The first kappa shape index (κ1) is 24.3. The third-order valence-electron chi connectivity index (χ3n) is 5.89. The van der Waals surface area contributed by atoms with Crippen molar-refractivity contribution in [1.82, 2.24) is 9.62 Å². The summed E-state index contributed by atoms with van der Waals surface area (Å²) in [4.78, 5) is 11.9. The van der Waals surface area contributed by atoms with Crippen LogP contribution in [0.15, 0.2) is 59.5 Å². The van der Waals surface area contributed by atoms with Crippen LogP contribution in [0.1, 0.15) is 37.8 Å². The lowest BCUT2D eigenvalue weighted by molar-refractivity contribution is -0.139. The number of hydrogen-bond donors (Lipinski definition) is 1. The number of alkyl halides is 3. The molecular weight excluding hydrogens is 441 g/mol. The van der Waals surface area contributed by atoms with Gasteiger partial charge in [-0.25, -0.2) is 8.42 Å². The Balaban J connectivity index is 1.62. The van der Waals surface area contributed by atoms with Crippen LogP contribution < -0.4 is 5.32 Å². The number of benzene rings is 2. The average Bonchev–Trinajstić information content (AvgIpc) is 2.77. The van der Waals surface area contributed by atoms with E-state index in [2.05, 4.69) is 5.32 Å². The Kier molecular flexibility index (Phi) is 7.00. The maximum Gasteiger partial charge on any atom is 0.417 e. The summed E-state index contributed by atoms with van der Waals surface area (Å²) < 4.78 is 66.6. The Hall–Kier alpha value is -2.39. The fourth-order valence-electron chi connectivity index (χ4n) is 3.87. The quantitative estimate of drug-likeness (QED) is 0.691. The van der Waals surface area contributed by atoms with Crippen LogP contribution in [0.4, 0.5) is 13.2 Å². The van der Waals surface area contributed by atoms with Crippen LogP contribution >= 0.6 is 0 Å². The van der Waals surface area contributed by atoms with Crippen LogP contribution in [0.25, 0.3) is 0 Å². The van der Waals surface area contributed by atoms with Gasteiger partial charge in [0.15, 0.2) is 0 Å². The zero-order chi connectivity index (χ0) is 23.6. The molecule has 5 nitrogen and oxygen atoms in total. The molecule has 1 N–H and O–H groups in total. The number of sulfonamides is 1. The van der Waals surface area contributed by atoms with Crippen LogP contribution in [0.3, 0.4) is 0 Å². The van der Waals surface area contributed by atoms with Gasteiger partial charge in [-0.2, -0.15) is 17.5 Å². The summed E-state index contributed by atoms with van der Waals surface area (Å²) >= 11 is 0. The molecule has 3 rings (SSSR count). The van der Waals surface area contributed by atoms with Crippen LogP contribution in [-0.2, 0) is 26.4 Å². The molecule has 9 heteroatoms. The minimum Gasteiger partial charge on any atom is -0.355 e. The van der Waals surface area contributed by atoms with Crippen molar-refractivity contribution in [2.24, 2.45) is 5.92 Å². The highest BCUT2D eigenvalue weighted by molar-refractivity contribution is 7.89. The number of halogens is 3. The highest BCUT2D eigenvalue weighted by Gasteiger charge is 2.40. The molecule has 0 bridgehead atoms. The van der Waals surface area contributed by atoms with Gasteiger partial charge in [-0.15, -0.1) is 0 Å². The van der Waals surface area contributed by atoms with E-state index in [0.29, 0.717) is 6.54 Å². The largest absolute Gasteiger partial charge is 0.417 e. The molecule has 0 atom stereocenters. The van der Waals surface area contributed by atoms with Gasteiger partial charge in [-0.3, -0.25) is 4.79 Å². The minimum atomic E-state index is -4.77. The third kappa shape index (κ3) is 5.32. The number of carbonyl (C=O) groups excluding carboxylic acids is 1. The number of carbonyl (C=O) groups is 1. The summed E-state index contributed by atoms with van der Waals surface area (Å²) in [7, 11) is -4.31. The molecule has 2 aromatic rings. The van der Waals surface area contributed by atoms with Crippen molar-refractivity contribution in [3.63, 3.8) is 0 Å². The number of hydrogen-bond acceptors (Lipinski definition) is 3. The number of rotatable bonds is 6. The van der Waals surface area contributed by atoms with Gasteiger partial charge in [0.05, 0.1) is 10.5 Å². The maximum absolute atomic E-state index is 13.3. The van der Waals surface area contributed by atoms with Crippen molar-refractivity contribution in [1.29, 1.82) is 0 Å². The minimum absolute atomic E-state index is 0.00527. The van der Waals surface area contributed by atoms with Gasteiger partial charge in [-0.1, -0.05) is 56.3 Å². The van der Waals surface area contributed by atoms with Crippen LogP contribution in [0, 0.1) is 5.92 Å². The molecule has 2 aromatic carbocycles. The Morgan fingerprint density at radius 3 is 2.16 bits per heavy atom. The molecule has 0 aliphatic carbocycles. The molecule has 0 aromatic heterocycles. The predicted octanol–water partition coefficient (Wildman–Crippen LogP) is 4.20. The first-order valence-corrected chi connectivity index (χ1v) is 11.9. The second-order valence-electron chi connectivity index (χ2n) is 8.64. The molecule has 174 valence electrons. The second-order valence-corrected chi connectivity index (χ2v) is 10.5. The van der Waals surface area contributed by atoms with E-state index in [1.165, 1.54) is 6.07 Å². The second kappa shape index (κ2) is 9.23. The summed E-state index contributed by atoms with van der Waals surface area (Å²) in [5, 5.41) is 2.95. The highest BCUT2D eigenvalue weighted by atomic mass is 32.2. The van der Waals surface area contributed by atoms with E-state index in [4.69, 9.17) is 0 Å². The molecule has 0 saturated carbocycles. The zero-order valence-electron chi connectivity index (χ0n) is 18.0. The fourth-order valence-corrected chi connectivity index (χ4v) is 5.55. The molecule has 1 amide bonds. The Morgan fingerprint density at radius 2 is 1.56 bits per heavy atom. The van der Waals surface area contributed by atoms with Gasteiger partial charge in [0.2, 0.25) is 15.9 Å². The number of amides is 1.